The van der Waals surface area contributed by atoms with Crippen molar-refractivity contribution in [1.29, 1.82) is 0 Å². The van der Waals surface area contributed by atoms with Gasteiger partial charge in [-0.25, -0.2) is 0 Å². The van der Waals surface area contributed by atoms with Crippen LogP contribution in [-0.4, -0.2) is 64.8 Å². The molecule has 114 valence electrons. The number of carboxylic acid groups (broad SMARTS) is 1. The lowest BCUT2D eigenvalue weighted by Gasteiger charge is -2.20. The summed E-state index contributed by atoms with van der Waals surface area (Å²) in [6.45, 7) is 7.69. The summed E-state index contributed by atoms with van der Waals surface area (Å²) in [5.74, 6) is 0.157. The largest absolute Gasteiger partial charge is 0.480 e. The van der Waals surface area contributed by atoms with Crippen molar-refractivity contribution in [1.82, 2.24) is 20.0 Å². The van der Waals surface area contributed by atoms with Crippen molar-refractivity contribution in [2.45, 2.75) is 32.7 Å². The summed E-state index contributed by atoms with van der Waals surface area (Å²) in [5, 5.41) is 16.9. The third-order valence-electron chi connectivity index (χ3n) is 2.69. The predicted octanol–water partition coefficient (Wildman–Crippen LogP) is 0.815. The summed E-state index contributed by atoms with van der Waals surface area (Å²) >= 11 is 0. The van der Waals surface area contributed by atoms with E-state index in [0.717, 1.165) is 6.54 Å². The van der Waals surface area contributed by atoms with E-state index in [1.165, 1.54) is 0 Å². The maximum atomic E-state index is 10.9. The van der Waals surface area contributed by atoms with Crippen molar-refractivity contribution in [2.75, 3.05) is 33.7 Å². The van der Waals surface area contributed by atoms with Gasteiger partial charge in [0.05, 0.1) is 13.1 Å². The van der Waals surface area contributed by atoms with Gasteiger partial charge >= 0.3 is 5.97 Å². The Bertz CT molecular complexity index is 437. The van der Waals surface area contributed by atoms with Crippen LogP contribution in [0.5, 0.6) is 0 Å². The van der Waals surface area contributed by atoms with E-state index in [0.29, 0.717) is 24.9 Å². The fourth-order valence-electron chi connectivity index (χ4n) is 1.56. The molecule has 7 nitrogen and oxygen atoms in total. The van der Waals surface area contributed by atoms with Crippen LogP contribution in [0.2, 0.25) is 0 Å². The van der Waals surface area contributed by atoms with Gasteiger partial charge in [-0.15, -0.1) is 10.2 Å². The van der Waals surface area contributed by atoms with E-state index in [9.17, 15) is 4.79 Å². The molecular formula is C13H24N4O3. The first-order chi connectivity index (χ1) is 9.18. The fourth-order valence-corrected chi connectivity index (χ4v) is 1.56. The summed E-state index contributed by atoms with van der Waals surface area (Å²) < 4.78 is 5.60. The minimum atomic E-state index is -0.862. The normalized spacial score (nSPS) is 12.3. The molecule has 0 amide bonds. The van der Waals surface area contributed by atoms with E-state index in [1.54, 1.807) is 4.90 Å². The lowest BCUT2D eigenvalue weighted by atomic mass is 9.97. The number of aliphatic carboxylic acids is 1. The van der Waals surface area contributed by atoms with Crippen molar-refractivity contribution >= 4 is 5.97 Å². The van der Waals surface area contributed by atoms with Crippen LogP contribution in [0, 0.1) is 0 Å². The van der Waals surface area contributed by atoms with E-state index < -0.39 is 5.97 Å². The summed E-state index contributed by atoms with van der Waals surface area (Å²) in [6, 6.07) is 0. The molecule has 1 aromatic heterocycles. The molecule has 0 aliphatic rings. The molecule has 1 heterocycles. The average Bonchev–Trinajstić information content (AvgIpc) is 2.73. The third kappa shape index (κ3) is 5.66. The zero-order chi connectivity index (χ0) is 15.3. The fraction of sp³-hybridized carbons (Fsp3) is 0.769. The smallest absolute Gasteiger partial charge is 0.317 e. The van der Waals surface area contributed by atoms with Crippen LogP contribution in [0.25, 0.3) is 0 Å². The maximum absolute atomic E-state index is 10.9. The van der Waals surface area contributed by atoms with Crippen LogP contribution in [0.15, 0.2) is 4.42 Å². The van der Waals surface area contributed by atoms with Gasteiger partial charge < -0.3 is 14.4 Å². The van der Waals surface area contributed by atoms with Crippen molar-refractivity contribution in [2.24, 2.45) is 0 Å². The molecule has 0 aliphatic carbocycles. The average molecular weight is 284 g/mol. The summed E-state index contributed by atoms with van der Waals surface area (Å²) in [7, 11) is 3.90. The van der Waals surface area contributed by atoms with Crippen LogP contribution in [0.1, 0.15) is 32.6 Å². The number of carboxylic acids is 1. The van der Waals surface area contributed by atoms with Gasteiger partial charge in [0, 0.05) is 18.5 Å². The quantitative estimate of drug-likeness (QED) is 0.793. The lowest BCUT2D eigenvalue weighted by Crippen LogP contribution is -2.35. The van der Waals surface area contributed by atoms with Crippen LogP contribution in [-0.2, 0) is 16.8 Å². The number of carbonyl (C=O) groups is 1. The number of hydrogen-bond donors (Lipinski definition) is 1. The van der Waals surface area contributed by atoms with Gasteiger partial charge in [0.25, 0.3) is 0 Å². The molecule has 0 aromatic carbocycles. The Morgan fingerprint density at radius 3 is 2.35 bits per heavy atom. The van der Waals surface area contributed by atoms with E-state index >= 15 is 0 Å². The molecule has 0 atom stereocenters. The van der Waals surface area contributed by atoms with Crippen molar-refractivity contribution in [3.8, 4) is 0 Å². The van der Waals surface area contributed by atoms with Crippen LogP contribution in [0.3, 0.4) is 0 Å². The number of aromatic nitrogens is 2. The van der Waals surface area contributed by atoms with Gasteiger partial charge in [0.1, 0.15) is 0 Å². The molecule has 20 heavy (non-hydrogen) atoms. The van der Waals surface area contributed by atoms with Crippen LogP contribution >= 0.6 is 0 Å². The van der Waals surface area contributed by atoms with Crippen molar-refractivity contribution in [3.63, 3.8) is 0 Å². The topological polar surface area (TPSA) is 82.7 Å². The number of rotatable bonds is 7. The number of nitrogens with zero attached hydrogens (tertiary/aromatic N) is 4. The van der Waals surface area contributed by atoms with Crippen molar-refractivity contribution in [3.05, 3.63) is 11.8 Å². The summed E-state index contributed by atoms with van der Waals surface area (Å²) in [6.07, 6.45) is 0. The molecule has 1 rings (SSSR count). The summed E-state index contributed by atoms with van der Waals surface area (Å²) in [4.78, 5) is 14.7. The van der Waals surface area contributed by atoms with E-state index in [1.807, 2.05) is 39.8 Å². The third-order valence-corrected chi connectivity index (χ3v) is 2.69. The molecule has 0 saturated heterocycles. The second-order valence-corrected chi connectivity index (χ2v) is 6.16. The highest BCUT2D eigenvalue weighted by molar-refractivity contribution is 5.69. The van der Waals surface area contributed by atoms with Gasteiger partial charge in [0.2, 0.25) is 11.8 Å². The Morgan fingerprint density at radius 2 is 1.90 bits per heavy atom. The monoisotopic (exact) mass is 284 g/mol. The molecule has 0 unspecified atom stereocenters. The molecule has 0 fully saturated rings. The Morgan fingerprint density at radius 1 is 1.25 bits per heavy atom. The molecule has 1 aromatic rings. The second kappa shape index (κ2) is 6.81. The maximum Gasteiger partial charge on any atom is 0.317 e. The van der Waals surface area contributed by atoms with Crippen LogP contribution < -0.4 is 0 Å². The zero-order valence-electron chi connectivity index (χ0n) is 12.9. The summed E-state index contributed by atoms with van der Waals surface area (Å²) in [5.41, 5.74) is -0.202. The molecule has 0 saturated carbocycles. The minimum Gasteiger partial charge on any atom is -0.480 e. The predicted molar refractivity (Wildman–Crippen MR) is 74.5 cm³/mol. The molecule has 0 radical (unpaired) electrons. The number of hydrogen-bond acceptors (Lipinski definition) is 6. The van der Waals surface area contributed by atoms with E-state index in [-0.39, 0.29) is 12.0 Å². The molecular weight excluding hydrogens is 260 g/mol. The highest BCUT2D eigenvalue weighted by Crippen LogP contribution is 2.20. The first-order valence-corrected chi connectivity index (χ1v) is 6.60. The molecule has 0 bridgehead atoms. The van der Waals surface area contributed by atoms with Gasteiger partial charge in [-0.1, -0.05) is 20.8 Å². The van der Waals surface area contributed by atoms with Gasteiger partial charge in [0.15, 0.2) is 0 Å². The van der Waals surface area contributed by atoms with Crippen molar-refractivity contribution < 1.29 is 14.3 Å². The Balaban J connectivity index is 2.68. The van der Waals surface area contributed by atoms with Gasteiger partial charge in [-0.3, -0.25) is 9.69 Å². The number of likely N-dealkylation sites (N-methyl/N-ethyl adjacent to an activating group) is 1. The van der Waals surface area contributed by atoms with E-state index in [2.05, 4.69) is 10.2 Å². The highest BCUT2D eigenvalue weighted by Gasteiger charge is 2.22. The molecule has 0 spiro atoms. The molecule has 0 aliphatic heterocycles. The first-order valence-electron chi connectivity index (χ1n) is 6.60. The van der Waals surface area contributed by atoms with Crippen LogP contribution in [0.4, 0.5) is 0 Å². The SMILES string of the molecule is CN(C)CCN(CC(=O)O)Cc1nnc(C(C)(C)C)o1. The Kier molecular flexibility index (Phi) is 5.64. The van der Waals surface area contributed by atoms with Gasteiger partial charge in [-0.05, 0) is 14.1 Å². The van der Waals surface area contributed by atoms with E-state index in [4.69, 9.17) is 9.52 Å². The Hall–Kier alpha value is -1.47. The lowest BCUT2D eigenvalue weighted by molar-refractivity contribution is -0.138. The van der Waals surface area contributed by atoms with Gasteiger partial charge in [-0.2, -0.15) is 0 Å². The second-order valence-electron chi connectivity index (χ2n) is 6.16. The molecule has 1 N–H and O–H groups in total. The zero-order valence-corrected chi connectivity index (χ0v) is 12.9. The Labute approximate surface area is 119 Å². The highest BCUT2D eigenvalue weighted by atomic mass is 16.4. The molecule has 7 heteroatoms. The minimum absolute atomic E-state index is 0.0406. The standard InChI is InChI=1S/C13H24N4O3/c1-13(2,3)12-15-14-10(20-12)8-17(9-11(18)19)7-6-16(4)5/h6-9H2,1-5H3,(H,18,19). The first kappa shape index (κ1) is 16.6.